The Morgan fingerprint density at radius 2 is 1.69 bits per heavy atom. The monoisotopic (exact) mass is 475 g/mol. The minimum Gasteiger partial charge on any atom is -0.489 e. The fourth-order valence-electron chi connectivity index (χ4n) is 3.63. The molecule has 0 amide bonds. The van der Waals surface area contributed by atoms with Gasteiger partial charge in [-0.3, -0.25) is 9.59 Å². The molecule has 0 saturated heterocycles. The molecule has 0 unspecified atom stereocenters. The molecule has 0 radical (unpaired) electrons. The van der Waals surface area contributed by atoms with E-state index in [1.807, 2.05) is 55.5 Å². The summed E-state index contributed by atoms with van der Waals surface area (Å²) in [6.45, 7) is 8.14. The first-order valence-electron chi connectivity index (χ1n) is 11.7. The number of benzene rings is 2. The number of rotatable bonds is 10. The maximum Gasteiger partial charge on any atom is 0.308 e. The molecule has 0 aliphatic carbocycles. The third-order valence-corrected chi connectivity index (χ3v) is 5.53. The van der Waals surface area contributed by atoms with E-state index in [1.165, 1.54) is 22.6 Å². The Kier molecular flexibility index (Phi) is 8.90. The highest BCUT2D eigenvalue weighted by Crippen LogP contribution is 2.34. The van der Waals surface area contributed by atoms with Crippen LogP contribution in [0, 0.1) is 0 Å². The van der Waals surface area contributed by atoms with E-state index in [9.17, 15) is 9.59 Å². The van der Waals surface area contributed by atoms with Crippen LogP contribution in [0.4, 0.5) is 0 Å². The highest BCUT2D eigenvalue weighted by Gasteiger charge is 2.20. The van der Waals surface area contributed by atoms with Gasteiger partial charge in [0, 0.05) is 25.4 Å². The first-order valence-corrected chi connectivity index (χ1v) is 11.7. The molecule has 6 nitrogen and oxygen atoms in total. The van der Waals surface area contributed by atoms with Gasteiger partial charge in [0.1, 0.15) is 19.0 Å². The van der Waals surface area contributed by atoms with Crippen molar-refractivity contribution in [3.05, 3.63) is 87.7 Å². The molecule has 0 aliphatic rings. The average molecular weight is 476 g/mol. The van der Waals surface area contributed by atoms with Gasteiger partial charge in [-0.05, 0) is 57.4 Å². The van der Waals surface area contributed by atoms with Crippen molar-refractivity contribution in [3.8, 4) is 17.2 Å². The van der Waals surface area contributed by atoms with E-state index in [2.05, 4.69) is 19.9 Å². The van der Waals surface area contributed by atoms with Crippen LogP contribution in [-0.2, 0) is 18.4 Å². The second-order valence-corrected chi connectivity index (χ2v) is 8.75. The summed E-state index contributed by atoms with van der Waals surface area (Å²) in [7, 11) is 1.63. The molecule has 0 saturated carbocycles. The lowest BCUT2D eigenvalue weighted by atomic mass is 10.1. The molecule has 1 aromatic heterocycles. The van der Waals surface area contributed by atoms with Crippen molar-refractivity contribution in [1.29, 1.82) is 0 Å². The lowest BCUT2D eigenvalue weighted by molar-refractivity contribution is -0.132. The van der Waals surface area contributed by atoms with Crippen LogP contribution >= 0.6 is 0 Å². The van der Waals surface area contributed by atoms with Crippen molar-refractivity contribution >= 4 is 16.9 Å². The number of hydrogen-bond acceptors (Lipinski definition) is 5. The van der Waals surface area contributed by atoms with Crippen LogP contribution < -0.4 is 19.8 Å². The van der Waals surface area contributed by atoms with Gasteiger partial charge in [0.05, 0.1) is 5.52 Å². The van der Waals surface area contributed by atoms with E-state index in [0.29, 0.717) is 23.3 Å². The number of aromatic nitrogens is 1. The quantitative estimate of drug-likeness (QED) is 0.261. The Morgan fingerprint density at radius 3 is 2.37 bits per heavy atom. The Labute approximate surface area is 206 Å². The van der Waals surface area contributed by atoms with Crippen molar-refractivity contribution in [3.63, 3.8) is 0 Å². The minimum atomic E-state index is -0.581. The molecule has 0 N–H and O–H groups in total. The number of allylic oxidation sites excluding steroid dienone is 3. The third-order valence-electron chi connectivity index (χ3n) is 5.53. The van der Waals surface area contributed by atoms with Crippen LogP contribution in [0.2, 0.25) is 0 Å². The summed E-state index contributed by atoms with van der Waals surface area (Å²) < 4.78 is 18.7. The summed E-state index contributed by atoms with van der Waals surface area (Å²) in [5, 5.41) is 0.658. The molecule has 0 atom stereocenters. The van der Waals surface area contributed by atoms with Gasteiger partial charge in [0.15, 0.2) is 5.75 Å². The van der Waals surface area contributed by atoms with Crippen molar-refractivity contribution in [2.75, 3.05) is 6.61 Å². The molecular formula is C29H33NO5. The zero-order valence-electron chi connectivity index (χ0n) is 21.1. The smallest absolute Gasteiger partial charge is 0.308 e. The van der Waals surface area contributed by atoms with Crippen molar-refractivity contribution in [2.45, 2.75) is 47.1 Å². The molecule has 184 valence electrons. The van der Waals surface area contributed by atoms with Crippen LogP contribution in [0.1, 0.15) is 46.1 Å². The van der Waals surface area contributed by atoms with E-state index < -0.39 is 11.5 Å². The van der Waals surface area contributed by atoms with Gasteiger partial charge in [-0.2, -0.15) is 0 Å². The van der Waals surface area contributed by atoms with Gasteiger partial charge in [-0.1, -0.05) is 47.6 Å². The topological polar surface area (TPSA) is 66.8 Å². The number of fused-ring (bicyclic) bond motifs is 1. The number of hydrogen-bond donors (Lipinski definition) is 0. The number of carbonyl (C=O) groups excluding carboxylic acids is 1. The number of esters is 1. The molecule has 1 heterocycles. The van der Waals surface area contributed by atoms with Gasteiger partial charge < -0.3 is 18.8 Å². The molecule has 6 heteroatoms. The third kappa shape index (κ3) is 7.09. The van der Waals surface area contributed by atoms with E-state index in [-0.39, 0.29) is 18.1 Å². The number of ether oxygens (including phenoxy) is 3. The number of aryl methyl sites for hydroxylation is 1. The van der Waals surface area contributed by atoms with Crippen LogP contribution in [0.25, 0.3) is 10.9 Å². The first kappa shape index (κ1) is 25.8. The zero-order valence-corrected chi connectivity index (χ0v) is 21.1. The van der Waals surface area contributed by atoms with Gasteiger partial charge in [0.2, 0.25) is 5.75 Å². The predicted octanol–water partition coefficient (Wildman–Crippen LogP) is 6.11. The number of pyridine rings is 1. The Balaban J connectivity index is 1.91. The van der Waals surface area contributed by atoms with Gasteiger partial charge in [-0.15, -0.1) is 0 Å². The van der Waals surface area contributed by atoms with Gasteiger partial charge in [0.25, 0.3) is 5.56 Å². The van der Waals surface area contributed by atoms with Gasteiger partial charge in [-0.25, -0.2) is 0 Å². The Hall–Kier alpha value is -3.80. The second-order valence-electron chi connectivity index (χ2n) is 8.75. The molecule has 35 heavy (non-hydrogen) atoms. The second kappa shape index (κ2) is 12.1. The molecule has 2 aromatic carbocycles. The Morgan fingerprint density at radius 1 is 0.943 bits per heavy atom. The molecular weight excluding hydrogens is 442 g/mol. The number of nitrogens with zero attached hydrogens (tertiary/aromatic N) is 1. The zero-order chi connectivity index (χ0) is 25.4. The van der Waals surface area contributed by atoms with E-state index in [0.717, 1.165) is 18.4 Å². The molecule has 0 bridgehead atoms. The fraction of sp³-hybridized carbons (Fsp3) is 0.310. The van der Waals surface area contributed by atoms with Crippen molar-refractivity contribution in [2.24, 2.45) is 7.05 Å². The average Bonchev–Trinajstić information content (AvgIpc) is 2.83. The fourth-order valence-corrected chi connectivity index (χ4v) is 3.63. The molecule has 3 aromatic rings. The summed E-state index contributed by atoms with van der Waals surface area (Å²) in [6.07, 6.45) is 6.06. The maximum absolute atomic E-state index is 13.1. The van der Waals surface area contributed by atoms with Gasteiger partial charge >= 0.3 is 5.97 Å². The SMILES string of the molecule is CC(=O)Oc1c(OC/C=C(\C)CCC=C(C)C)c2ccc(OCc3ccccc3)cc2n(C)c1=O. The summed E-state index contributed by atoms with van der Waals surface area (Å²) >= 11 is 0. The highest BCUT2D eigenvalue weighted by atomic mass is 16.6. The lowest BCUT2D eigenvalue weighted by Gasteiger charge is -2.16. The van der Waals surface area contributed by atoms with Crippen molar-refractivity contribution in [1.82, 2.24) is 4.57 Å². The highest BCUT2D eigenvalue weighted by molar-refractivity contribution is 5.90. The van der Waals surface area contributed by atoms with Crippen molar-refractivity contribution < 1.29 is 19.0 Å². The standard InChI is InChI=1S/C29H33NO5/c1-20(2)10-9-11-21(3)16-17-33-27-25-15-14-24(34-19-23-12-7-6-8-13-23)18-26(25)30(5)29(32)28(27)35-22(4)31/h6-8,10,12-16,18H,9,11,17,19H2,1-5H3/b21-16+. The largest absolute Gasteiger partial charge is 0.489 e. The van der Waals surface area contributed by atoms with E-state index in [4.69, 9.17) is 14.2 Å². The van der Waals surface area contributed by atoms with Crippen LogP contribution in [0.15, 0.2) is 76.6 Å². The molecule has 0 aliphatic heterocycles. The summed E-state index contributed by atoms with van der Waals surface area (Å²) in [5.74, 6) is 0.183. The molecule has 3 rings (SSSR count). The van der Waals surface area contributed by atoms with Crippen LogP contribution in [0.5, 0.6) is 17.2 Å². The summed E-state index contributed by atoms with van der Waals surface area (Å²) in [5.41, 5.74) is 3.69. The molecule has 0 spiro atoms. The first-order chi connectivity index (χ1) is 16.8. The lowest BCUT2D eigenvalue weighted by Crippen LogP contribution is -2.22. The number of carbonyl (C=O) groups is 1. The molecule has 0 fully saturated rings. The van der Waals surface area contributed by atoms with E-state index in [1.54, 1.807) is 13.1 Å². The Bertz CT molecular complexity index is 1300. The normalized spacial score (nSPS) is 11.3. The van der Waals surface area contributed by atoms with Crippen LogP contribution in [-0.4, -0.2) is 17.1 Å². The van der Waals surface area contributed by atoms with Crippen LogP contribution in [0.3, 0.4) is 0 Å². The predicted molar refractivity (Wildman–Crippen MR) is 139 cm³/mol. The summed E-state index contributed by atoms with van der Waals surface area (Å²) in [4.78, 5) is 24.8. The van der Waals surface area contributed by atoms with E-state index >= 15 is 0 Å². The summed E-state index contributed by atoms with van der Waals surface area (Å²) in [6, 6.07) is 15.3. The maximum atomic E-state index is 13.1. The minimum absolute atomic E-state index is 0.110.